The fourth-order valence-corrected chi connectivity index (χ4v) is 3.05. The molecule has 1 heterocycles. The van der Waals surface area contributed by atoms with Gasteiger partial charge in [0.15, 0.2) is 0 Å². The summed E-state index contributed by atoms with van der Waals surface area (Å²) in [7, 11) is 0. The molecule has 1 aromatic rings. The number of carbonyl (C=O) groups is 1. The molecule has 0 radical (unpaired) electrons. The van der Waals surface area contributed by atoms with E-state index in [2.05, 4.69) is 10.6 Å². The van der Waals surface area contributed by atoms with Crippen molar-refractivity contribution in [3.8, 4) is 0 Å². The Morgan fingerprint density at radius 1 is 1.24 bits per heavy atom. The first-order valence-electron chi connectivity index (χ1n) is 7.50. The molecule has 0 spiro atoms. The molecule has 21 heavy (non-hydrogen) atoms. The number of hydrogen-bond acceptors (Lipinski definition) is 2. The van der Waals surface area contributed by atoms with E-state index in [1.807, 2.05) is 24.3 Å². The van der Waals surface area contributed by atoms with Gasteiger partial charge >= 0.3 is 0 Å². The summed E-state index contributed by atoms with van der Waals surface area (Å²) < 4.78 is 0. The molecule has 3 nitrogen and oxygen atoms in total. The molecule has 2 unspecified atom stereocenters. The molecule has 5 heteroatoms. The van der Waals surface area contributed by atoms with Gasteiger partial charge in [0.05, 0.1) is 12.0 Å². The zero-order valence-corrected chi connectivity index (χ0v) is 13.6. The molecular weight excluding hydrogens is 307 g/mol. The average Bonchev–Trinajstić information content (AvgIpc) is 3.31. The number of rotatable bonds is 4. The first-order chi connectivity index (χ1) is 9.74. The van der Waals surface area contributed by atoms with E-state index in [4.69, 9.17) is 11.6 Å². The maximum absolute atomic E-state index is 12.4. The molecule has 2 atom stereocenters. The summed E-state index contributed by atoms with van der Waals surface area (Å²) in [5.74, 6) is 0.915. The van der Waals surface area contributed by atoms with Gasteiger partial charge in [0.25, 0.3) is 0 Å². The van der Waals surface area contributed by atoms with Crippen LogP contribution in [0, 0.1) is 11.8 Å². The van der Waals surface area contributed by atoms with Crippen molar-refractivity contribution in [3.05, 3.63) is 34.9 Å². The minimum absolute atomic E-state index is 0. The lowest BCUT2D eigenvalue weighted by atomic mass is 9.96. The van der Waals surface area contributed by atoms with E-state index >= 15 is 0 Å². The summed E-state index contributed by atoms with van der Waals surface area (Å²) in [5.41, 5.74) is 1.18. The highest BCUT2D eigenvalue weighted by Crippen LogP contribution is 2.41. The van der Waals surface area contributed by atoms with Gasteiger partial charge in [0, 0.05) is 11.6 Å². The Morgan fingerprint density at radius 3 is 2.52 bits per heavy atom. The minimum Gasteiger partial charge on any atom is -0.349 e. The van der Waals surface area contributed by atoms with Crippen LogP contribution in [0.15, 0.2) is 24.3 Å². The van der Waals surface area contributed by atoms with Crippen molar-refractivity contribution in [1.82, 2.24) is 10.6 Å². The summed E-state index contributed by atoms with van der Waals surface area (Å²) in [4.78, 5) is 12.4. The summed E-state index contributed by atoms with van der Waals surface area (Å²) in [5, 5.41) is 7.31. The molecule has 2 N–H and O–H groups in total. The number of benzene rings is 1. The van der Waals surface area contributed by atoms with E-state index in [9.17, 15) is 4.79 Å². The minimum atomic E-state index is 0. The molecule has 0 aromatic heterocycles. The van der Waals surface area contributed by atoms with Gasteiger partial charge in [-0.3, -0.25) is 4.79 Å². The summed E-state index contributed by atoms with van der Waals surface area (Å²) in [6, 6.07) is 8.03. The fourth-order valence-electron chi connectivity index (χ4n) is 2.92. The third-order valence-corrected chi connectivity index (χ3v) is 4.54. The number of piperidine rings is 1. The van der Waals surface area contributed by atoms with Crippen molar-refractivity contribution in [1.29, 1.82) is 0 Å². The van der Waals surface area contributed by atoms with Crippen LogP contribution >= 0.6 is 24.0 Å². The average molecular weight is 329 g/mol. The van der Waals surface area contributed by atoms with Crippen molar-refractivity contribution < 1.29 is 4.79 Å². The van der Waals surface area contributed by atoms with Crippen molar-refractivity contribution >= 4 is 29.9 Å². The van der Waals surface area contributed by atoms with Crippen molar-refractivity contribution in [2.75, 3.05) is 13.1 Å². The van der Waals surface area contributed by atoms with Crippen LogP contribution in [-0.4, -0.2) is 19.0 Å². The van der Waals surface area contributed by atoms with Crippen molar-refractivity contribution in [2.45, 2.75) is 31.7 Å². The second-order valence-electron chi connectivity index (χ2n) is 5.92. The van der Waals surface area contributed by atoms with Crippen molar-refractivity contribution in [2.24, 2.45) is 11.8 Å². The Balaban J connectivity index is 0.00000161. The first kappa shape index (κ1) is 16.6. The van der Waals surface area contributed by atoms with Crippen molar-refractivity contribution in [3.63, 3.8) is 0 Å². The maximum Gasteiger partial charge on any atom is 0.224 e. The molecule has 116 valence electrons. The van der Waals surface area contributed by atoms with Gasteiger partial charge in [-0.05, 0) is 55.8 Å². The zero-order chi connectivity index (χ0) is 13.9. The van der Waals surface area contributed by atoms with Crippen LogP contribution in [0.25, 0.3) is 0 Å². The second kappa shape index (κ2) is 7.48. The smallest absolute Gasteiger partial charge is 0.224 e. The van der Waals surface area contributed by atoms with Crippen LogP contribution in [0.1, 0.15) is 37.3 Å². The summed E-state index contributed by atoms with van der Waals surface area (Å²) in [6.45, 7) is 1.84. The molecule has 3 rings (SSSR count). The molecule has 1 saturated carbocycles. The van der Waals surface area contributed by atoms with Crippen LogP contribution in [0.2, 0.25) is 5.02 Å². The first-order valence-corrected chi connectivity index (χ1v) is 7.88. The van der Waals surface area contributed by atoms with E-state index in [1.165, 1.54) is 18.4 Å². The SMILES string of the molecule is Cl.O=C(NC(c1ccc(Cl)cc1)C1CC1)C1CCCNC1. The molecule has 1 aromatic carbocycles. The number of halogens is 2. The number of amides is 1. The molecule has 2 fully saturated rings. The van der Waals surface area contributed by atoms with E-state index in [0.29, 0.717) is 5.92 Å². The Hall–Kier alpha value is -0.770. The molecule has 1 saturated heterocycles. The van der Waals surface area contributed by atoms with Gasteiger partial charge in [0.1, 0.15) is 0 Å². The Bertz CT molecular complexity index is 468. The third-order valence-electron chi connectivity index (χ3n) is 4.29. The monoisotopic (exact) mass is 328 g/mol. The largest absolute Gasteiger partial charge is 0.349 e. The third kappa shape index (κ3) is 4.35. The lowest BCUT2D eigenvalue weighted by molar-refractivity contribution is -0.126. The zero-order valence-electron chi connectivity index (χ0n) is 12.0. The quantitative estimate of drug-likeness (QED) is 0.890. The maximum atomic E-state index is 12.4. The van der Waals surface area contributed by atoms with E-state index in [-0.39, 0.29) is 30.3 Å². The molecule has 1 aliphatic carbocycles. The van der Waals surface area contributed by atoms with Gasteiger partial charge in [0.2, 0.25) is 5.91 Å². The summed E-state index contributed by atoms with van der Waals surface area (Å²) >= 11 is 5.94. The molecule has 1 aliphatic heterocycles. The molecular formula is C16H22Cl2N2O. The molecule has 2 aliphatic rings. The standard InChI is InChI=1S/C16H21ClN2O.ClH/c17-14-7-5-12(6-8-14)15(11-3-4-11)19-16(20)13-2-1-9-18-10-13;/h5-8,11,13,15,18H,1-4,9-10H2,(H,19,20);1H. The molecule has 1 amide bonds. The predicted molar refractivity (Wildman–Crippen MR) is 87.9 cm³/mol. The topological polar surface area (TPSA) is 41.1 Å². The number of nitrogens with one attached hydrogen (secondary N) is 2. The summed E-state index contributed by atoms with van der Waals surface area (Å²) in [6.07, 6.45) is 4.50. The van der Waals surface area contributed by atoms with E-state index in [0.717, 1.165) is 31.0 Å². The van der Waals surface area contributed by atoms with Crippen LogP contribution in [0.4, 0.5) is 0 Å². The lowest BCUT2D eigenvalue weighted by Gasteiger charge is -2.26. The number of hydrogen-bond donors (Lipinski definition) is 2. The molecule has 0 bridgehead atoms. The van der Waals surface area contributed by atoms with E-state index in [1.54, 1.807) is 0 Å². The Morgan fingerprint density at radius 2 is 1.95 bits per heavy atom. The lowest BCUT2D eigenvalue weighted by Crippen LogP contribution is -2.42. The van der Waals surface area contributed by atoms with Gasteiger partial charge in [-0.25, -0.2) is 0 Å². The number of carbonyl (C=O) groups excluding carboxylic acids is 1. The highest BCUT2D eigenvalue weighted by atomic mass is 35.5. The fraction of sp³-hybridized carbons (Fsp3) is 0.562. The second-order valence-corrected chi connectivity index (χ2v) is 6.35. The van der Waals surface area contributed by atoms with Gasteiger partial charge in [-0.15, -0.1) is 12.4 Å². The van der Waals surface area contributed by atoms with Crippen LogP contribution in [-0.2, 0) is 4.79 Å². The van der Waals surface area contributed by atoms with Crippen LogP contribution in [0.3, 0.4) is 0 Å². The Labute approximate surface area is 137 Å². The van der Waals surface area contributed by atoms with E-state index < -0.39 is 0 Å². The predicted octanol–water partition coefficient (Wildman–Crippen LogP) is 3.33. The normalized spacial score (nSPS) is 23.0. The van der Waals surface area contributed by atoms with Gasteiger partial charge in [-0.1, -0.05) is 23.7 Å². The highest BCUT2D eigenvalue weighted by molar-refractivity contribution is 6.30. The Kier molecular flexibility index (Phi) is 5.91. The highest BCUT2D eigenvalue weighted by Gasteiger charge is 2.34. The van der Waals surface area contributed by atoms with Crippen LogP contribution in [0.5, 0.6) is 0 Å². The van der Waals surface area contributed by atoms with Gasteiger partial charge in [-0.2, -0.15) is 0 Å². The van der Waals surface area contributed by atoms with Crippen LogP contribution < -0.4 is 10.6 Å². The van der Waals surface area contributed by atoms with Gasteiger partial charge < -0.3 is 10.6 Å².